The lowest BCUT2D eigenvalue weighted by molar-refractivity contribution is -0.134. The quantitative estimate of drug-likeness (QED) is 0.160. The third-order valence-electron chi connectivity index (χ3n) is 7.49. The standard InChI is InChI=1S/C36H35NO6S/c1-36(2)34(39)33(44-28-16-9-6-10-17-28)29-20-19-26(31(42-4)32(29)43-36)23-37(35(40)25-13-7-5-8-14-25)27-15-11-12-24(22-27)18-21-30(38)41-3/h5-22,33-34,39H,23H2,1-4H3/t33-,34+/m1/s1. The maximum atomic E-state index is 14.0. The Bertz CT molecular complexity index is 1650. The van der Waals surface area contributed by atoms with Gasteiger partial charge in [0.15, 0.2) is 11.5 Å². The van der Waals surface area contributed by atoms with Crippen molar-refractivity contribution in [1.29, 1.82) is 0 Å². The van der Waals surface area contributed by atoms with Crippen LogP contribution in [0.3, 0.4) is 0 Å². The second kappa shape index (κ2) is 13.4. The summed E-state index contributed by atoms with van der Waals surface area (Å²) >= 11 is 1.58. The summed E-state index contributed by atoms with van der Waals surface area (Å²) in [5.41, 5.74) is 2.56. The lowest BCUT2D eigenvalue weighted by atomic mass is 9.89. The normalized spacial score (nSPS) is 16.9. The molecular weight excluding hydrogens is 574 g/mol. The number of carbonyl (C=O) groups excluding carboxylic acids is 2. The van der Waals surface area contributed by atoms with E-state index in [1.54, 1.807) is 42.0 Å². The van der Waals surface area contributed by atoms with Gasteiger partial charge in [0, 0.05) is 33.3 Å². The number of hydrogen-bond donors (Lipinski definition) is 1. The number of nitrogens with zero attached hydrogens (tertiary/aromatic N) is 1. The fourth-order valence-electron chi connectivity index (χ4n) is 5.14. The van der Waals surface area contributed by atoms with E-state index in [1.165, 1.54) is 13.2 Å². The van der Waals surface area contributed by atoms with E-state index in [0.717, 1.165) is 21.6 Å². The van der Waals surface area contributed by atoms with Crippen LogP contribution in [0.15, 0.2) is 108 Å². The van der Waals surface area contributed by atoms with Gasteiger partial charge in [0.1, 0.15) is 11.7 Å². The number of rotatable bonds is 9. The van der Waals surface area contributed by atoms with Crippen LogP contribution >= 0.6 is 11.8 Å². The van der Waals surface area contributed by atoms with Crippen LogP contribution in [0.4, 0.5) is 5.69 Å². The van der Waals surface area contributed by atoms with E-state index in [2.05, 4.69) is 0 Å². The molecule has 5 rings (SSSR count). The molecule has 1 aliphatic rings. The molecule has 1 heterocycles. The summed E-state index contributed by atoms with van der Waals surface area (Å²) in [7, 11) is 2.91. The smallest absolute Gasteiger partial charge is 0.330 e. The van der Waals surface area contributed by atoms with Gasteiger partial charge in [0.05, 0.1) is 26.0 Å². The molecule has 226 valence electrons. The van der Waals surface area contributed by atoms with Crippen molar-refractivity contribution in [3.05, 3.63) is 125 Å². The molecule has 0 bridgehead atoms. The molecule has 0 saturated carbocycles. The maximum absolute atomic E-state index is 14.0. The molecule has 0 fully saturated rings. The first-order valence-corrected chi connectivity index (χ1v) is 15.1. The van der Waals surface area contributed by atoms with E-state index < -0.39 is 17.7 Å². The SMILES string of the molecule is COC(=O)C=Cc1cccc(N(Cc2ccc3c(c2OC)OC(C)(C)[C@@H](O)[C@@H]3Sc2ccccc2)C(=O)c2ccccc2)c1. The van der Waals surface area contributed by atoms with Crippen LogP contribution in [0.1, 0.15) is 46.1 Å². The topological polar surface area (TPSA) is 85.3 Å². The Balaban J connectivity index is 1.57. The van der Waals surface area contributed by atoms with Crippen LogP contribution < -0.4 is 14.4 Å². The van der Waals surface area contributed by atoms with Crippen LogP contribution in [-0.4, -0.2) is 42.9 Å². The van der Waals surface area contributed by atoms with Gasteiger partial charge in [-0.3, -0.25) is 4.79 Å². The zero-order valence-corrected chi connectivity index (χ0v) is 25.9. The van der Waals surface area contributed by atoms with Crippen LogP contribution in [0.2, 0.25) is 0 Å². The Hall–Kier alpha value is -4.53. The van der Waals surface area contributed by atoms with Gasteiger partial charge in [0.2, 0.25) is 0 Å². The number of carbonyl (C=O) groups is 2. The van der Waals surface area contributed by atoms with Crippen molar-refractivity contribution in [1.82, 2.24) is 0 Å². The highest BCUT2D eigenvalue weighted by molar-refractivity contribution is 7.99. The average Bonchev–Trinajstić information content (AvgIpc) is 3.05. The van der Waals surface area contributed by atoms with Crippen molar-refractivity contribution in [2.24, 2.45) is 0 Å². The molecule has 0 radical (unpaired) electrons. The minimum Gasteiger partial charge on any atom is -0.492 e. The van der Waals surface area contributed by atoms with Crippen molar-refractivity contribution in [3.8, 4) is 11.5 Å². The number of anilines is 1. The van der Waals surface area contributed by atoms with Gasteiger partial charge in [-0.2, -0.15) is 0 Å². The summed E-state index contributed by atoms with van der Waals surface area (Å²) < 4.78 is 17.1. The van der Waals surface area contributed by atoms with E-state index in [-0.39, 0.29) is 17.7 Å². The van der Waals surface area contributed by atoms with E-state index in [0.29, 0.717) is 22.7 Å². The highest BCUT2D eigenvalue weighted by Gasteiger charge is 2.45. The predicted molar refractivity (Wildman–Crippen MR) is 173 cm³/mol. The van der Waals surface area contributed by atoms with Crippen LogP contribution in [0.25, 0.3) is 6.08 Å². The Kier molecular flexibility index (Phi) is 9.42. The highest BCUT2D eigenvalue weighted by Crippen LogP contribution is 2.53. The summed E-state index contributed by atoms with van der Waals surface area (Å²) in [6, 6.07) is 30.3. The van der Waals surface area contributed by atoms with Crippen molar-refractivity contribution in [2.45, 2.75) is 42.2 Å². The Morgan fingerprint density at radius 2 is 1.66 bits per heavy atom. The van der Waals surface area contributed by atoms with Gasteiger partial charge in [0.25, 0.3) is 5.91 Å². The van der Waals surface area contributed by atoms with Gasteiger partial charge in [-0.25, -0.2) is 4.79 Å². The van der Waals surface area contributed by atoms with Gasteiger partial charge in [-0.05, 0) is 61.9 Å². The molecule has 0 unspecified atom stereocenters. The number of thioether (sulfide) groups is 1. The fourth-order valence-corrected chi connectivity index (χ4v) is 6.52. The number of hydrogen-bond acceptors (Lipinski definition) is 7. The summed E-state index contributed by atoms with van der Waals surface area (Å²) in [4.78, 5) is 28.4. The van der Waals surface area contributed by atoms with E-state index in [9.17, 15) is 14.7 Å². The number of esters is 1. The number of aliphatic hydroxyl groups excluding tert-OH is 1. The van der Waals surface area contributed by atoms with Crippen molar-refractivity contribution in [3.63, 3.8) is 0 Å². The monoisotopic (exact) mass is 609 g/mol. The molecule has 1 amide bonds. The second-order valence-corrected chi connectivity index (χ2v) is 12.1. The van der Waals surface area contributed by atoms with Crippen molar-refractivity contribution >= 4 is 35.4 Å². The molecule has 1 aliphatic heterocycles. The lowest BCUT2D eigenvalue weighted by Crippen LogP contribution is -2.48. The number of aliphatic hydroxyl groups is 1. The fraction of sp³-hybridized carbons (Fsp3) is 0.222. The number of methoxy groups -OCH3 is 2. The predicted octanol–water partition coefficient (Wildman–Crippen LogP) is 7.09. The summed E-state index contributed by atoms with van der Waals surface area (Å²) in [5.74, 6) is 0.390. The summed E-state index contributed by atoms with van der Waals surface area (Å²) in [6.07, 6.45) is 2.20. The maximum Gasteiger partial charge on any atom is 0.330 e. The Morgan fingerprint density at radius 1 is 0.955 bits per heavy atom. The molecule has 4 aromatic carbocycles. The zero-order valence-electron chi connectivity index (χ0n) is 25.1. The summed E-state index contributed by atoms with van der Waals surface area (Å²) in [6.45, 7) is 3.91. The van der Waals surface area contributed by atoms with Crippen LogP contribution in [0.5, 0.6) is 11.5 Å². The summed E-state index contributed by atoms with van der Waals surface area (Å²) in [5, 5.41) is 11.1. The third kappa shape index (κ3) is 6.67. The number of ether oxygens (including phenoxy) is 3. The molecule has 0 aliphatic carbocycles. The van der Waals surface area contributed by atoms with Gasteiger partial charge < -0.3 is 24.2 Å². The van der Waals surface area contributed by atoms with Gasteiger partial charge >= 0.3 is 5.97 Å². The average molecular weight is 610 g/mol. The second-order valence-electron chi connectivity index (χ2n) is 10.9. The molecule has 4 aromatic rings. The largest absolute Gasteiger partial charge is 0.492 e. The molecule has 0 saturated heterocycles. The first kappa shape index (κ1) is 30.9. The van der Waals surface area contributed by atoms with E-state index >= 15 is 0 Å². The Labute approximate surface area is 262 Å². The molecule has 7 nitrogen and oxygen atoms in total. The molecule has 0 spiro atoms. The minimum absolute atomic E-state index is 0.178. The van der Waals surface area contributed by atoms with Crippen molar-refractivity contribution in [2.75, 3.05) is 19.1 Å². The molecule has 0 aromatic heterocycles. The Morgan fingerprint density at radius 3 is 2.34 bits per heavy atom. The van der Waals surface area contributed by atoms with Crippen molar-refractivity contribution < 1.29 is 28.9 Å². The molecule has 44 heavy (non-hydrogen) atoms. The van der Waals surface area contributed by atoms with Gasteiger partial charge in [-0.1, -0.05) is 60.7 Å². The molecule has 1 N–H and O–H groups in total. The number of benzene rings is 4. The van der Waals surface area contributed by atoms with Crippen LogP contribution in [-0.2, 0) is 16.1 Å². The molecular formula is C36H35NO6S. The molecule has 2 atom stereocenters. The molecule has 8 heteroatoms. The van der Waals surface area contributed by atoms with E-state index in [1.807, 2.05) is 98.8 Å². The first-order chi connectivity index (χ1) is 21.2. The highest BCUT2D eigenvalue weighted by atomic mass is 32.2. The van der Waals surface area contributed by atoms with Crippen LogP contribution in [0, 0.1) is 0 Å². The lowest BCUT2D eigenvalue weighted by Gasteiger charge is -2.42. The number of fused-ring (bicyclic) bond motifs is 1. The van der Waals surface area contributed by atoms with Gasteiger partial charge in [-0.15, -0.1) is 11.8 Å². The minimum atomic E-state index is -0.898. The number of amides is 1. The van der Waals surface area contributed by atoms with E-state index in [4.69, 9.17) is 14.2 Å². The zero-order chi connectivity index (χ0) is 31.3. The first-order valence-electron chi connectivity index (χ1n) is 14.2. The third-order valence-corrected chi connectivity index (χ3v) is 8.80.